The summed E-state index contributed by atoms with van der Waals surface area (Å²) in [5, 5.41) is 11.2. The zero-order valence-electron chi connectivity index (χ0n) is 12.8. The highest BCUT2D eigenvalue weighted by Gasteiger charge is 2.08. The summed E-state index contributed by atoms with van der Waals surface area (Å²) >= 11 is 0. The smallest absolute Gasteiger partial charge is 0.249 e. The van der Waals surface area contributed by atoms with Gasteiger partial charge in [-0.05, 0) is 24.3 Å². The van der Waals surface area contributed by atoms with Crippen molar-refractivity contribution in [2.24, 2.45) is 14.1 Å². The molecule has 116 valence electrons. The zero-order chi connectivity index (χ0) is 16.2. The number of aryl methyl sites for hydroxylation is 2. The van der Waals surface area contributed by atoms with Gasteiger partial charge in [0.25, 0.3) is 0 Å². The highest BCUT2D eigenvalue weighted by Crippen LogP contribution is 2.20. The summed E-state index contributed by atoms with van der Waals surface area (Å²) in [5.41, 5.74) is 2.57. The average molecular weight is 308 g/mol. The Morgan fingerprint density at radius 3 is 2.61 bits per heavy atom. The summed E-state index contributed by atoms with van der Waals surface area (Å²) in [6, 6.07) is 7.40. The Labute approximate surface area is 133 Å². The lowest BCUT2D eigenvalue weighted by Crippen LogP contribution is -2.11. The Hall–Kier alpha value is -3.22. The first-order chi connectivity index (χ1) is 11.1. The van der Waals surface area contributed by atoms with E-state index in [0.29, 0.717) is 5.82 Å². The molecule has 1 amide bonds. The molecule has 0 aromatic carbocycles. The van der Waals surface area contributed by atoms with E-state index in [1.807, 2.05) is 31.3 Å². The molecule has 0 unspecified atom stereocenters. The fourth-order valence-electron chi connectivity index (χ4n) is 2.12. The van der Waals surface area contributed by atoms with Crippen LogP contribution in [0.4, 0.5) is 5.82 Å². The molecule has 3 heterocycles. The van der Waals surface area contributed by atoms with Crippen LogP contribution in [-0.4, -0.2) is 30.5 Å². The van der Waals surface area contributed by atoms with E-state index < -0.39 is 0 Å². The van der Waals surface area contributed by atoms with Gasteiger partial charge in [-0.25, -0.2) is 0 Å². The van der Waals surface area contributed by atoms with Gasteiger partial charge < -0.3 is 5.32 Å². The van der Waals surface area contributed by atoms with Crippen LogP contribution in [0.5, 0.6) is 0 Å². The van der Waals surface area contributed by atoms with Gasteiger partial charge >= 0.3 is 0 Å². The van der Waals surface area contributed by atoms with Crippen molar-refractivity contribution in [2.45, 2.75) is 0 Å². The molecule has 0 fully saturated rings. The second-order valence-electron chi connectivity index (χ2n) is 4.98. The summed E-state index contributed by atoms with van der Waals surface area (Å²) in [4.78, 5) is 16.0. The van der Waals surface area contributed by atoms with Crippen molar-refractivity contribution >= 4 is 17.8 Å². The molecule has 0 aliphatic rings. The number of carbonyl (C=O) groups is 1. The van der Waals surface area contributed by atoms with Crippen molar-refractivity contribution < 1.29 is 4.79 Å². The van der Waals surface area contributed by atoms with Crippen LogP contribution in [0.2, 0.25) is 0 Å². The van der Waals surface area contributed by atoms with E-state index in [0.717, 1.165) is 17.0 Å². The number of amides is 1. The maximum atomic E-state index is 12.0. The SMILES string of the molecule is Cn1nccc1/C=C/C(=O)Nc1cc(-c2ccncc2)nn1C. The second-order valence-corrected chi connectivity index (χ2v) is 4.98. The van der Waals surface area contributed by atoms with Gasteiger partial charge in [-0.15, -0.1) is 0 Å². The molecule has 0 saturated heterocycles. The first-order valence-electron chi connectivity index (χ1n) is 7.05. The monoisotopic (exact) mass is 308 g/mol. The number of nitrogens with zero attached hydrogens (tertiary/aromatic N) is 5. The molecular formula is C16H16N6O. The normalized spacial score (nSPS) is 11.0. The Balaban J connectivity index is 1.73. The number of pyridine rings is 1. The van der Waals surface area contributed by atoms with Gasteiger partial charge in [-0.3, -0.25) is 19.1 Å². The first-order valence-corrected chi connectivity index (χ1v) is 7.05. The van der Waals surface area contributed by atoms with Crippen LogP contribution in [0.1, 0.15) is 5.69 Å². The van der Waals surface area contributed by atoms with Crippen LogP contribution >= 0.6 is 0 Å². The molecule has 23 heavy (non-hydrogen) atoms. The van der Waals surface area contributed by atoms with Gasteiger partial charge in [0.2, 0.25) is 5.91 Å². The lowest BCUT2D eigenvalue weighted by molar-refractivity contribution is -0.111. The predicted molar refractivity (Wildman–Crippen MR) is 87.3 cm³/mol. The lowest BCUT2D eigenvalue weighted by atomic mass is 10.2. The Morgan fingerprint density at radius 2 is 1.91 bits per heavy atom. The number of carbonyl (C=O) groups excluding carboxylic acids is 1. The van der Waals surface area contributed by atoms with Crippen molar-refractivity contribution in [1.29, 1.82) is 0 Å². The highest BCUT2D eigenvalue weighted by molar-refractivity contribution is 6.01. The predicted octanol–water partition coefficient (Wildman–Crippen LogP) is 1.87. The maximum Gasteiger partial charge on any atom is 0.249 e. The molecule has 3 aromatic heterocycles. The molecule has 3 rings (SSSR count). The minimum atomic E-state index is -0.226. The zero-order valence-corrected chi connectivity index (χ0v) is 12.8. The van der Waals surface area contributed by atoms with Crippen molar-refractivity contribution in [3.63, 3.8) is 0 Å². The third kappa shape index (κ3) is 3.34. The molecule has 1 N–H and O–H groups in total. The average Bonchev–Trinajstić information content (AvgIpc) is 3.12. The Kier molecular flexibility index (Phi) is 4.01. The largest absolute Gasteiger partial charge is 0.307 e. The van der Waals surface area contributed by atoms with Crippen LogP contribution in [0.15, 0.2) is 48.9 Å². The van der Waals surface area contributed by atoms with Crippen LogP contribution in [-0.2, 0) is 18.9 Å². The molecule has 7 heteroatoms. The van der Waals surface area contributed by atoms with Crippen molar-refractivity contribution in [1.82, 2.24) is 24.5 Å². The molecule has 7 nitrogen and oxygen atoms in total. The molecule has 0 aliphatic heterocycles. The summed E-state index contributed by atoms with van der Waals surface area (Å²) < 4.78 is 3.32. The van der Waals surface area contributed by atoms with Crippen molar-refractivity contribution in [2.75, 3.05) is 5.32 Å². The molecule has 0 atom stereocenters. The topological polar surface area (TPSA) is 77.6 Å². The van der Waals surface area contributed by atoms with E-state index in [2.05, 4.69) is 20.5 Å². The Bertz CT molecular complexity index is 847. The third-order valence-electron chi connectivity index (χ3n) is 3.37. The number of hydrogen-bond acceptors (Lipinski definition) is 4. The molecule has 0 bridgehead atoms. The van der Waals surface area contributed by atoms with Gasteiger partial charge in [0.15, 0.2) is 0 Å². The number of hydrogen-bond donors (Lipinski definition) is 1. The molecule has 0 spiro atoms. The minimum absolute atomic E-state index is 0.226. The van der Waals surface area contributed by atoms with Gasteiger partial charge in [-0.1, -0.05) is 0 Å². The number of aromatic nitrogens is 5. The van der Waals surface area contributed by atoms with Gasteiger partial charge in [0.1, 0.15) is 5.82 Å². The summed E-state index contributed by atoms with van der Waals surface area (Å²) in [6.45, 7) is 0. The summed E-state index contributed by atoms with van der Waals surface area (Å²) in [7, 11) is 3.60. The lowest BCUT2D eigenvalue weighted by Gasteiger charge is -2.01. The molecular weight excluding hydrogens is 292 g/mol. The van der Waals surface area contributed by atoms with E-state index in [9.17, 15) is 4.79 Å². The molecule has 0 radical (unpaired) electrons. The summed E-state index contributed by atoms with van der Waals surface area (Å²) in [6.07, 6.45) is 8.27. The van der Waals surface area contributed by atoms with Crippen LogP contribution in [0.3, 0.4) is 0 Å². The number of anilines is 1. The van der Waals surface area contributed by atoms with Crippen molar-refractivity contribution in [3.05, 3.63) is 54.6 Å². The quantitative estimate of drug-likeness (QED) is 0.746. The van der Waals surface area contributed by atoms with Gasteiger partial charge in [0.05, 0.1) is 11.4 Å². The highest BCUT2D eigenvalue weighted by atomic mass is 16.1. The Morgan fingerprint density at radius 1 is 1.13 bits per heavy atom. The van der Waals surface area contributed by atoms with Crippen molar-refractivity contribution in [3.8, 4) is 11.3 Å². The third-order valence-corrected chi connectivity index (χ3v) is 3.37. The molecule has 3 aromatic rings. The van der Waals surface area contributed by atoms with E-state index in [1.165, 1.54) is 6.08 Å². The molecule has 0 saturated carbocycles. The van der Waals surface area contributed by atoms with E-state index in [-0.39, 0.29) is 5.91 Å². The number of nitrogens with one attached hydrogen (secondary N) is 1. The maximum absolute atomic E-state index is 12.0. The van der Waals surface area contributed by atoms with Crippen LogP contribution in [0.25, 0.3) is 17.3 Å². The second kappa shape index (κ2) is 6.27. The van der Waals surface area contributed by atoms with E-state index in [4.69, 9.17) is 0 Å². The number of rotatable bonds is 4. The fraction of sp³-hybridized carbons (Fsp3) is 0.125. The molecule has 0 aliphatic carbocycles. The van der Waals surface area contributed by atoms with Crippen LogP contribution < -0.4 is 5.32 Å². The standard InChI is InChI=1S/C16H16N6O/c1-21-13(7-10-18-21)3-4-16(23)19-15-11-14(20-22(15)2)12-5-8-17-9-6-12/h3-11H,1-2H3,(H,19,23)/b4-3+. The van der Waals surface area contributed by atoms with Gasteiger partial charge in [-0.2, -0.15) is 10.2 Å². The fourth-order valence-corrected chi connectivity index (χ4v) is 2.12. The van der Waals surface area contributed by atoms with Gasteiger partial charge in [0, 0.05) is 50.4 Å². The van der Waals surface area contributed by atoms with Crippen LogP contribution in [0, 0.1) is 0 Å². The van der Waals surface area contributed by atoms with E-state index >= 15 is 0 Å². The summed E-state index contributed by atoms with van der Waals surface area (Å²) in [5.74, 6) is 0.395. The minimum Gasteiger partial charge on any atom is -0.307 e. The van der Waals surface area contributed by atoms with E-state index in [1.54, 1.807) is 41.1 Å². The first kappa shape index (κ1) is 14.7.